The Balaban J connectivity index is 2.07. The maximum Gasteiger partial charge on any atom is 0.338 e. The van der Waals surface area contributed by atoms with E-state index in [-0.39, 0.29) is 0 Å². The van der Waals surface area contributed by atoms with Gasteiger partial charge in [0.1, 0.15) is 5.41 Å². The Hall–Kier alpha value is -3.15. The van der Waals surface area contributed by atoms with Crippen LogP contribution in [-0.4, -0.2) is 24.4 Å². The van der Waals surface area contributed by atoms with E-state index in [4.69, 9.17) is 4.74 Å². The Morgan fingerprint density at radius 1 is 0.929 bits per heavy atom. The second-order valence-electron chi connectivity index (χ2n) is 7.15. The fourth-order valence-corrected chi connectivity index (χ4v) is 2.53. The molecule has 2 aromatic carbocycles. The van der Waals surface area contributed by atoms with E-state index in [2.05, 4.69) is 10.6 Å². The van der Waals surface area contributed by atoms with E-state index in [9.17, 15) is 14.4 Å². The van der Waals surface area contributed by atoms with Crippen molar-refractivity contribution < 1.29 is 19.1 Å². The highest BCUT2D eigenvalue weighted by atomic mass is 16.5. The highest BCUT2D eigenvalue weighted by Gasteiger charge is 2.36. The van der Waals surface area contributed by atoms with Gasteiger partial charge in [-0.2, -0.15) is 0 Å². The van der Waals surface area contributed by atoms with E-state index in [0.29, 0.717) is 23.5 Å². The quantitative estimate of drug-likeness (QED) is 0.582. The van der Waals surface area contributed by atoms with Gasteiger partial charge in [0.2, 0.25) is 11.8 Å². The van der Waals surface area contributed by atoms with Gasteiger partial charge >= 0.3 is 5.97 Å². The minimum atomic E-state index is -1.29. The van der Waals surface area contributed by atoms with E-state index in [1.54, 1.807) is 45.0 Å². The van der Waals surface area contributed by atoms with Gasteiger partial charge in [-0.15, -0.1) is 0 Å². The average Bonchev–Trinajstić information content (AvgIpc) is 2.64. The van der Waals surface area contributed by atoms with E-state index in [0.717, 1.165) is 11.1 Å². The Labute approximate surface area is 165 Å². The standard InChI is InChI=1S/C22H26N2O4/c1-6-28-19(25)16-8-10-17(11-9-16)23-20(26)22(4,5)21(27)24-18-12-7-14(2)13-15(18)3/h7-13H,6H2,1-5H3,(H,23,26)(H,24,27). The number of amides is 2. The average molecular weight is 382 g/mol. The summed E-state index contributed by atoms with van der Waals surface area (Å²) in [5.41, 5.74) is 2.29. The van der Waals surface area contributed by atoms with Crippen molar-refractivity contribution in [2.24, 2.45) is 5.41 Å². The molecule has 2 rings (SSSR count). The Morgan fingerprint density at radius 3 is 2.11 bits per heavy atom. The summed E-state index contributed by atoms with van der Waals surface area (Å²) in [5.74, 6) is -1.27. The largest absolute Gasteiger partial charge is 0.462 e. The van der Waals surface area contributed by atoms with Crippen LogP contribution in [0.25, 0.3) is 0 Å². The molecule has 6 nitrogen and oxygen atoms in total. The van der Waals surface area contributed by atoms with Crippen LogP contribution in [0.4, 0.5) is 11.4 Å². The molecule has 0 aliphatic rings. The third-order valence-corrected chi connectivity index (χ3v) is 4.42. The van der Waals surface area contributed by atoms with Crippen LogP contribution in [0, 0.1) is 19.3 Å². The highest BCUT2D eigenvalue weighted by molar-refractivity contribution is 6.14. The Kier molecular flexibility index (Phi) is 6.57. The fraction of sp³-hybridized carbons (Fsp3) is 0.318. The molecule has 148 valence electrons. The summed E-state index contributed by atoms with van der Waals surface area (Å²) >= 11 is 0. The molecule has 28 heavy (non-hydrogen) atoms. The summed E-state index contributed by atoms with van der Waals surface area (Å²) in [7, 11) is 0. The second kappa shape index (κ2) is 8.69. The first-order chi connectivity index (χ1) is 13.1. The SMILES string of the molecule is CCOC(=O)c1ccc(NC(=O)C(C)(C)C(=O)Nc2ccc(C)cc2C)cc1. The molecule has 0 bridgehead atoms. The molecule has 2 amide bonds. The summed E-state index contributed by atoms with van der Waals surface area (Å²) in [5, 5.41) is 5.54. The molecule has 0 aliphatic carbocycles. The van der Waals surface area contributed by atoms with Gasteiger partial charge in [-0.3, -0.25) is 9.59 Å². The molecule has 0 saturated heterocycles. The van der Waals surface area contributed by atoms with E-state index >= 15 is 0 Å². The molecule has 0 heterocycles. The van der Waals surface area contributed by atoms with Crippen molar-refractivity contribution in [1.82, 2.24) is 0 Å². The number of hydrogen-bond donors (Lipinski definition) is 2. The van der Waals surface area contributed by atoms with E-state index < -0.39 is 23.2 Å². The maximum absolute atomic E-state index is 12.7. The number of hydrogen-bond acceptors (Lipinski definition) is 4. The van der Waals surface area contributed by atoms with Gasteiger partial charge < -0.3 is 15.4 Å². The molecule has 6 heteroatoms. The number of anilines is 2. The van der Waals surface area contributed by atoms with Crippen molar-refractivity contribution in [3.8, 4) is 0 Å². The zero-order valence-electron chi connectivity index (χ0n) is 16.9. The summed E-state index contributed by atoms with van der Waals surface area (Å²) < 4.78 is 4.93. The van der Waals surface area contributed by atoms with Crippen LogP contribution in [0.2, 0.25) is 0 Å². The monoisotopic (exact) mass is 382 g/mol. The molecule has 0 aliphatic heterocycles. The third-order valence-electron chi connectivity index (χ3n) is 4.42. The Bertz CT molecular complexity index is 886. The van der Waals surface area contributed by atoms with Gasteiger partial charge in [-0.1, -0.05) is 17.7 Å². The van der Waals surface area contributed by atoms with Crippen LogP contribution >= 0.6 is 0 Å². The molecule has 0 aromatic heterocycles. The lowest BCUT2D eigenvalue weighted by Crippen LogP contribution is -2.41. The first-order valence-corrected chi connectivity index (χ1v) is 9.12. The maximum atomic E-state index is 12.7. The van der Waals surface area contributed by atoms with Crippen molar-refractivity contribution in [3.63, 3.8) is 0 Å². The van der Waals surface area contributed by atoms with Crippen molar-refractivity contribution in [2.75, 3.05) is 17.2 Å². The molecule has 0 saturated carbocycles. The van der Waals surface area contributed by atoms with Crippen LogP contribution in [0.5, 0.6) is 0 Å². The van der Waals surface area contributed by atoms with Crippen LogP contribution in [-0.2, 0) is 14.3 Å². The number of carbonyl (C=O) groups is 3. The molecule has 0 spiro atoms. The predicted octanol–water partition coefficient (Wildman–Crippen LogP) is 4.08. The van der Waals surface area contributed by atoms with E-state index in [1.165, 1.54) is 0 Å². The molecule has 0 radical (unpaired) electrons. The summed E-state index contributed by atoms with van der Waals surface area (Å²) in [6.07, 6.45) is 0. The minimum Gasteiger partial charge on any atom is -0.462 e. The Morgan fingerprint density at radius 2 is 1.54 bits per heavy atom. The van der Waals surface area contributed by atoms with Crippen molar-refractivity contribution in [3.05, 3.63) is 59.2 Å². The number of ether oxygens (including phenoxy) is 1. The highest BCUT2D eigenvalue weighted by Crippen LogP contribution is 2.24. The molecule has 2 aromatic rings. The lowest BCUT2D eigenvalue weighted by molar-refractivity contribution is -0.135. The predicted molar refractivity (Wildman–Crippen MR) is 109 cm³/mol. The number of rotatable bonds is 6. The number of esters is 1. The van der Waals surface area contributed by atoms with Gasteiger partial charge in [0.15, 0.2) is 0 Å². The molecular formula is C22H26N2O4. The zero-order chi connectivity index (χ0) is 20.9. The van der Waals surface area contributed by atoms with E-state index in [1.807, 2.05) is 32.0 Å². The smallest absolute Gasteiger partial charge is 0.338 e. The van der Waals surface area contributed by atoms with Crippen molar-refractivity contribution in [1.29, 1.82) is 0 Å². The van der Waals surface area contributed by atoms with Gasteiger partial charge in [0.25, 0.3) is 0 Å². The summed E-state index contributed by atoms with van der Waals surface area (Å²) in [6, 6.07) is 12.0. The first kappa shape index (κ1) is 21.2. The first-order valence-electron chi connectivity index (χ1n) is 9.12. The molecule has 0 atom stereocenters. The summed E-state index contributed by atoms with van der Waals surface area (Å²) in [6.45, 7) is 9.03. The number of carbonyl (C=O) groups excluding carboxylic acids is 3. The minimum absolute atomic E-state index is 0.293. The number of nitrogens with one attached hydrogen (secondary N) is 2. The zero-order valence-corrected chi connectivity index (χ0v) is 16.9. The van der Waals surface area contributed by atoms with Crippen molar-refractivity contribution >= 4 is 29.2 Å². The third kappa shape index (κ3) is 4.97. The molecule has 2 N–H and O–H groups in total. The lowest BCUT2D eigenvalue weighted by atomic mass is 9.90. The van der Waals surface area contributed by atoms with Gasteiger partial charge in [-0.05, 0) is 70.5 Å². The van der Waals surface area contributed by atoms with Gasteiger partial charge in [-0.25, -0.2) is 4.79 Å². The second-order valence-corrected chi connectivity index (χ2v) is 7.15. The molecule has 0 unspecified atom stereocenters. The van der Waals surface area contributed by atoms with Gasteiger partial charge in [0, 0.05) is 11.4 Å². The summed E-state index contributed by atoms with van der Waals surface area (Å²) in [4.78, 5) is 37.0. The number of aryl methyl sites for hydroxylation is 2. The lowest BCUT2D eigenvalue weighted by Gasteiger charge is -2.23. The van der Waals surface area contributed by atoms with Gasteiger partial charge in [0.05, 0.1) is 12.2 Å². The van der Waals surface area contributed by atoms with Crippen molar-refractivity contribution in [2.45, 2.75) is 34.6 Å². The molecular weight excluding hydrogens is 356 g/mol. The van der Waals surface area contributed by atoms with Crippen LogP contribution in [0.1, 0.15) is 42.3 Å². The normalized spacial score (nSPS) is 10.9. The topological polar surface area (TPSA) is 84.5 Å². The van der Waals surface area contributed by atoms with Crippen LogP contribution < -0.4 is 10.6 Å². The van der Waals surface area contributed by atoms with Crippen LogP contribution in [0.3, 0.4) is 0 Å². The van der Waals surface area contributed by atoms with Crippen LogP contribution in [0.15, 0.2) is 42.5 Å². The fourth-order valence-electron chi connectivity index (χ4n) is 2.53. The molecule has 0 fully saturated rings. The number of benzene rings is 2.